The smallest absolute Gasteiger partial charge is 0.371 e. The number of aliphatic carboxylic acids is 1. The lowest BCUT2D eigenvalue weighted by atomic mass is 10.2. The Morgan fingerprint density at radius 3 is 2.27 bits per heavy atom. The van der Waals surface area contributed by atoms with Gasteiger partial charge in [-0.2, -0.15) is 0 Å². The molecule has 0 aliphatic heterocycles. The molecule has 0 aromatic heterocycles. The van der Waals surface area contributed by atoms with Crippen molar-refractivity contribution in [2.45, 2.75) is 6.61 Å². The maximum absolute atomic E-state index is 10.8. The van der Waals surface area contributed by atoms with E-state index in [0.717, 1.165) is 16.9 Å². The van der Waals surface area contributed by atoms with Crippen LogP contribution in [-0.4, -0.2) is 41.2 Å². The summed E-state index contributed by atoms with van der Waals surface area (Å²) in [6.45, 7) is 0.495. The van der Waals surface area contributed by atoms with Crippen molar-refractivity contribution in [3.05, 3.63) is 71.5 Å². The summed E-state index contributed by atoms with van der Waals surface area (Å²) < 4.78 is 10.4. The molecule has 2 aromatic rings. The van der Waals surface area contributed by atoms with Gasteiger partial charge in [0.15, 0.2) is 0 Å². The van der Waals surface area contributed by atoms with Crippen molar-refractivity contribution in [3.63, 3.8) is 0 Å². The SMILES string of the molecule is COC(=Cc1ccc(OCc2ccccc2)cc1)C(=O)O.[MgH2]. The van der Waals surface area contributed by atoms with E-state index in [0.29, 0.717) is 6.61 Å². The Morgan fingerprint density at radius 1 is 1.09 bits per heavy atom. The molecule has 0 saturated heterocycles. The van der Waals surface area contributed by atoms with E-state index < -0.39 is 5.97 Å². The number of hydrogen-bond donors (Lipinski definition) is 1. The predicted octanol–water partition coefficient (Wildman–Crippen LogP) is 2.42. The van der Waals surface area contributed by atoms with Crippen LogP contribution in [0.15, 0.2) is 60.4 Å². The van der Waals surface area contributed by atoms with Gasteiger partial charge in [-0.15, -0.1) is 0 Å². The lowest BCUT2D eigenvalue weighted by molar-refractivity contribution is -0.135. The summed E-state index contributed by atoms with van der Waals surface area (Å²) in [5.41, 5.74) is 1.83. The Kier molecular flexibility index (Phi) is 7.49. The van der Waals surface area contributed by atoms with Gasteiger partial charge in [-0.1, -0.05) is 42.5 Å². The maximum Gasteiger partial charge on any atom is 0.371 e. The number of ether oxygens (including phenoxy) is 2. The molecule has 0 heterocycles. The van der Waals surface area contributed by atoms with Crippen LogP contribution in [0, 0.1) is 0 Å². The van der Waals surface area contributed by atoms with Gasteiger partial charge >= 0.3 is 29.0 Å². The average Bonchev–Trinajstić information content (AvgIpc) is 2.52. The van der Waals surface area contributed by atoms with Crippen molar-refractivity contribution in [1.82, 2.24) is 0 Å². The topological polar surface area (TPSA) is 55.8 Å². The molecule has 4 nitrogen and oxygen atoms in total. The zero-order valence-electron chi connectivity index (χ0n) is 11.7. The average molecular weight is 311 g/mol. The fraction of sp³-hybridized carbons (Fsp3) is 0.118. The van der Waals surface area contributed by atoms with Gasteiger partial charge in [0.1, 0.15) is 12.4 Å². The molecule has 0 saturated carbocycles. The fourth-order valence-electron chi connectivity index (χ4n) is 1.76. The molecule has 0 unspecified atom stereocenters. The zero-order chi connectivity index (χ0) is 15.1. The first-order valence-electron chi connectivity index (χ1n) is 6.45. The highest BCUT2D eigenvalue weighted by atomic mass is 24.3. The van der Waals surface area contributed by atoms with E-state index in [4.69, 9.17) is 14.6 Å². The normalized spacial score (nSPS) is 10.5. The minimum atomic E-state index is -1.10. The molecule has 112 valence electrons. The molecule has 2 aromatic carbocycles. The van der Waals surface area contributed by atoms with E-state index in [2.05, 4.69) is 0 Å². The lowest BCUT2D eigenvalue weighted by Gasteiger charge is -2.06. The van der Waals surface area contributed by atoms with Crippen LogP contribution in [0.5, 0.6) is 5.75 Å². The summed E-state index contributed by atoms with van der Waals surface area (Å²) in [7, 11) is 1.33. The Bertz CT molecular complexity index is 621. The number of methoxy groups -OCH3 is 1. The first-order chi connectivity index (χ1) is 10.2. The first-order valence-corrected chi connectivity index (χ1v) is 6.45. The van der Waals surface area contributed by atoms with Crippen molar-refractivity contribution in [2.24, 2.45) is 0 Å². The van der Waals surface area contributed by atoms with Gasteiger partial charge in [0.05, 0.1) is 7.11 Å². The van der Waals surface area contributed by atoms with E-state index in [1.54, 1.807) is 24.3 Å². The molecule has 22 heavy (non-hydrogen) atoms. The Hall–Kier alpha value is -1.98. The number of carbonyl (C=O) groups is 1. The molecular formula is C17H18MgO4. The monoisotopic (exact) mass is 310 g/mol. The molecule has 5 heteroatoms. The van der Waals surface area contributed by atoms with E-state index in [-0.39, 0.29) is 28.8 Å². The Morgan fingerprint density at radius 2 is 1.73 bits per heavy atom. The minimum Gasteiger partial charge on any atom is -0.490 e. The first kappa shape index (κ1) is 18.1. The van der Waals surface area contributed by atoms with Crippen LogP contribution in [0.3, 0.4) is 0 Å². The fourth-order valence-corrected chi connectivity index (χ4v) is 1.76. The molecule has 0 radical (unpaired) electrons. The van der Waals surface area contributed by atoms with Crippen LogP contribution in [0.2, 0.25) is 0 Å². The molecular weight excluding hydrogens is 292 g/mol. The number of benzene rings is 2. The number of carboxylic acids is 1. The highest BCUT2D eigenvalue weighted by Crippen LogP contribution is 2.16. The second-order valence-corrected chi connectivity index (χ2v) is 4.36. The second kappa shape index (κ2) is 9.12. The van der Waals surface area contributed by atoms with Gasteiger partial charge in [-0.05, 0) is 29.3 Å². The Balaban J connectivity index is 0.00000242. The molecule has 0 aliphatic carbocycles. The van der Waals surface area contributed by atoms with Gasteiger partial charge in [-0.25, -0.2) is 4.79 Å². The summed E-state index contributed by atoms with van der Waals surface area (Å²) in [4.78, 5) is 10.8. The minimum absolute atomic E-state index is 0. The van der Waals surface area contributed by atoms with Crippen molar-refractivity contribution in [2.75, 3.05) is 7.11 Å². The molecule has 0 spiro atoms. The third-order valence-corrected chi connectivity index (χ3v) is 2.86. The van der Waals surface area contributed by atoms with Gasteiger partial charge < -0.3 is 14.6 Å². The van der Waals surface area contributed by atoms with Crippen LogP contribution in [0.4, 0.5) is 0 Å². The summed E-state index contributed by atoms with van der Waals surface area (Å²) in [5.74, 6) is -0.472. The van der Waals surface area contributed by atoms with Gasteiger partial charge in [-0.3, -0.25) is 0 Å². The van der Waals surface area contributed by atoms with E-state index in [1.807, 2.05) is 30.3 Å². The third kappa shape index (κ3) is 5.42. The molecule has 0 bridgehead atoms. The van der Waals surface area contributed by atoms with Crippen molar-refractivity contribution in [1.29, 1.82) is 0 Å². The van der Waals surface area contributed by atoms with Crippen LogP contribution in [0.25, 0.3) is 6.08 Å². The largest absolute Gasteiger partial charge is 0.490 e. The molecule has 0 amide bonds. The molecule has 1 N–H and O–H groups in total. The standard InChI is InChI=1S/C17H16O4.Mg.2H/c1-20-16(17(18)19)11-13-7-9-15(10-8-13)21-12-14-5-3-2-4-6-14;;;/h2-11H,12H2,1H3,(H,18,19);;;. The highest BCUT2D eigenvalue weighted by molar-refractivity contribution is 5.89. The van der Waals surface area contributed by atoms with Crippen molar-refractivity contribution in [3.8, 4) is 5.75 Å². The predicted molar refractivity (Wildman–Crippen MR) is 88.4 cm³/mol. The maximum atomic E-state index is 10.8. The molecule has 2 rings (SSSR count). The summed E-state index contributed by atoms with van der Waals surface area (Å²) >= 11 is 0. The van der Waals surface area contributed by atoms with Gasteiger partial charge in [0, 0.05) is 0 Å². The van der Waals surface area contributed by atoms with E-state index in [9.17, 15) is 4.79 Å². The van der Waals surface area contributed by atoms with E-state index >= 15 is 0 Å². The van der Waals surface area contributed by atoms with E-state index in [1.165, 1.54) is 13.2 Å². The quantitative estimate of drug-likeness (QED) is 0.506. The van der Waals surface area contributed by atoms with Crippen LogP contribution >= 0.6 is 0 Å². The van der Waals surface area contributed by atoms with Crippen LogP contribution < -0.4 is 4.74 Å². The van der Waals surface area contributed by atoms with Crippen molar-refractivity contribution < 1.29 is 19.4 Å². The Labute approximate surface area is 145 Å². The summed E-state index contributed by atoms with van der Waals surface area (Å²) in [6.07, 6.45) is 1.46. The van der Waals surface area contributed by atoms with Crippen LogP contribution in [0.1, 0.15) is 11.1 Å². The summed E-state index contributed by atoms with van der Waals surface area (Å²) in [5, 5.41) is 8.88. The highest BCUT2D eigenvalue weighted by Gasteiger charge is 2.06. The van der Waals surface area contributed by atoms with Crippen molar-refractivity contribution >= 4 is 35.1 Å². The van der Waals surface area contributed by atoms with Gasteiger partial charge in [0.2, 0.25) is 5.76 Å². The summed E-state index contributed by atoms with van der Waals surface area (Å²) in [6, 6.07) is 17.0. The number of rotatable bonds is 6. The zero-order valence-corrected chi connectivity index (χ0v) is 11.7. The number of hydrogen-bond acceptors (Lipinski definition) is 3. The third-order valence-electron chi connectivity index (χ3n) is 2.86. The number of carboxylic acid groups (broad SMARTS) is 1. The molecule has 0 aliphatic rings. The van der Waals surface area contributed by atoms with Gasteiger partial charge in [0.25, 0.3) is 0 Å². The lowest BCUT2D eigenvalue weighted by Crippen LogP contribution is -2.01. The second-order valence-electron chi connectivity index (χ2n) is 4.36. The molecule has 0 fully saturated rings. The van der Waals surface area contributed by atoms with Crippen LogP contribution in [-0.2, 0) is 16.1 Å². The molecule has 0 atom stereocenters.